The Morgan fingerprint density at radius 2 is 1.77 bits per heavy atom. The van der Waals surface area contributed by atoms with Crippen LogP contribution in [-0.2, 0) is 9.53 Å². The van der Waals surface area contributed by atoms with Gasteiger partial charge in [-0.1, -0.05) is 26.7 Å². The summed E-state index contributed by atoms with van der Waals surface area (Å²) in [6.07, 6.45) is 9.15. The van der Waals surface area contributed by atoms with Gasteiger partial charge >= 0.3 is 5.97 Å². The largest absolute Gasteiger partial charge is 1.00 e. The van der Waals surface area contributed by atoms with Gasteiger partial charge < -0.3 is 33.2 Å². The summed E-state index contributed by atoms with van der Waals surface area (Å²) >= 11 is 0. The van der Waals surface area contributed by atoms with Crippen LogP contribution in [0.3, 0.4) is 0 Å². The number of halogens is 1. The summed E-state index contributed by atoms with van der Waals surface area (Å²) in [4.78, 5) is 12.3. The topological polar surface area (TPSA) is 26.3 Å². The fourth-order valence-corrected chi connectivity index (χ4v) is 3.27. The Hall–Kier alpha value is 0.160. The van der Waals surface area contributed by atoms with Crippen LogP contribution in [0, 0.1) is 5.41 Å². The number of quaternary nitrogens is 1. The van der Waals surface area contributed by atoms with Crippen LogP contribution in [0.4, 0.5) is 0 Å². The molecule has 1 heterocycles. The molecule has 0 aromatic carbocycles. The van der Waals surface area contributed by atoms with E-state index in [4.69, 9.17) is 4.74 Å². The van der Waals surface area contributed by atoms with Crippen molar-refractivity contribution in [2.45, 2.75) is 72.1 Å². The smallest absolute Gasteiger partial charge is 0.311 e. The van der Waals surface area contributed by atoms with E-state index in [0.29, 0.717) is 6.61 Å². The molecule has 1 fully saturated rings. The maximum atomic E-state index is 12.3. The molecule has 4 heteroatoms. The minimum atomic E-state index is -0.278. The van der Waals surface area contributed by atoms with E-state index in [2.05, 4.69) is 27.8 Å². The number of hydrogen-bond acceptors (Lipinski definition) is 2. The quantitative estimate of drug-likeness (QED) is 0.240. The van der Waals surface area contributed by atoms with E-state index in [-0.39, 0.29) is 35.4 Å². The number of carbonyl (C=O) groups is 1. The van der Waals surface area contributed by atoms with Gasteiger partial charge in [-0.15, -0.1) is 0 Å². The highest BCUT2D eigenvalue weighted by atomic mass is 127. The standard InChI is InChI=1S/C18H36NO2.HI/c1-5-7-12-18(3,6-2)17(20)21-16-11-15-19(4)13-9-8-10-14-19;/h5-16H2,1-4H3;1H/q+1;/p-1. The molecule has 1 unspecified atom stereocenters. The first-order valence-electron chi connectivity index (χ1n) is 8.96. The molecule has 1 aliphatic rings. The molecule has 0 aliphatic carbocycles. The average molecular weight is 425 g/mol. The first-order chi connectivity index (χ1) is 9.96. The molecule has 0 bridgehead atoms. The Balaban J connectivity index is 0.00000441. The van der Waals surface area contributed by atoms with Crippen LogP contribution in [0.5, 0.6) is 0 Å². The van der Waals surface area contributed by atoms with E-state index >= 15 is 0 Å². The van der Waals surface area contributed by atoms with Gasteiger partial charge in [0.05, 0.1) is 38.7 Å². The molecule has 0 spiro atoms. The zero-order valence-corrected chi connectivity index (χ0v) is 17.3. The second-order valence-corrected chi connectivity index (χ2v) is 7.36. The van der Waals surface area contributed by atoms with Gasteiger partial charge in [-0.25, -0.2) is 0 Å². The first kappa shape index (κ1) is 22.2. The lowest BCUT2D eigenvalue weighted by molar-refractivity contribution is -0.914. The molecule has 1 atom stereocenters. The first-order valence-corrected chi connectivity index (χ1v) is 8.96. The van der Waals surface area contributed by atoms with Crippen molar-refractivity contribution in [3.8, 4) is 0 Å². The fraction of sp³-hybridized carbons (Fsp3) is 0.944. The summed E-state index contributed by atoms with van der Waals surface area (Å²) in [5, 5.41) is 0. The molecule has 0 radical (unpaired) electrons. The van der Waals surface area contributed by atoms with Crippen LogP contribution in [0.25, 0.3) is 0 Å². The van der Waals surface area contributed by atoms with E-state index in [9.17, 15) is 4.79 Å². The van der Waals surface area contributed by atoms with Gasteiger partial charge in [0.15, 0.2) is 0 Å². The zero-order chi connectivity index (χ0) is 15.8. The van der Waals surface area contributed by atoms with Crippen LogP contribution in [-0.4, -0.2) is 43.7 Å². The molecular weight excluding hydrogens is 389 g/mol. The number of unbranched alkanes of at least 4 members (excludes halogenated alkanes) is 1. The molecule has 22 heavy (non-hydrogen) atoms. The molecule has 1 rings (SSSR count). The Bertz CT molecular complexity index is 316. The average Bonchev–Trinajstić information content (AvgIpc) is 2.49. The highest BCUT2D eigenvalue weighted by molar-refractivity contribution is 5.76. The third kappa shape index (κ3) is 7.16. The van der Waals surface area contributed by atoms with Crippen LogP contribution in [0.2, 0.25) is 0 Å². The van der Waals surface area contributed by atoms with Crippen molar-refractivity contribution in [1.82, 2.24) is 0 Å². The molecule has 0 aromatic rings. The third-order valence-corrected chi connectivity index (χ3v) is 5.33. The van der Waals surface area contributed by atoms with Gasteiger partial charge in [-0.3, -0.25) is 4.79 Å². The summed E-state index contributed by atoms with van der Waals surface area (Å²) in [6.45, 7) is 10.6. The third-order valence-electron chi connectivity index (χ3n) is 5.33. The minimum absolute atomic E-state index is 0. The summed E-state index contributed by atoms with van der Waals surface area (Å²) in [7, 11) is 2.35. The van der Waals surface area contributed by atoms with E-state index in [0.717, 1.165) is 38.6 Å². The molecule has 3 nitrogen and oxygen atoms in total. The Kier molecular flexibility index (Phi) is 10.9. The zero-order valence-electron chi connectivity index (χ0n) is 15.1. The van der Waals surface area contributed by atoms with Crippen LogP contribution >= 0.6 is 0 Å². The lowest BCUT2D eigenvalue weighted by atomic mass is 9.82. The van der Waals surface area contributed by atoms with Gasteiger partial charge in [-0.2, -0.15) is 0 Å². The molecule has 0 aromatic heterocycles. The molecule has 132 valence electrons. The van der Waals surface area contributed by atoms with Crippen molar-refractivity contribution < 1.29 is 38.0 Å². The molecule has 0 saturated carbocycles. The number of rotatable bonds is 9. The van der Waals surface area contributed by atoms with E-state index < -0.39 is 0 Å². The van der Waals surface area contributed by atoms with Crippen molar-refractivity contribution in [2.24, 2.45) is 5.41 Å². The van der Waals surface area contributed by atoms with Gasteiger partial charge in [0.25, 0.3) is 0 Å². The summed E-state index contributed by atoms with van der Waals surface area (Å²) < 4.78 is 6.75. The molecule has 1 aliphatic heterocycles. The molecular formula is C18H36INO2. The maximum absolute atomic E-state index is 12.3. The van der Waals surface area contributed by atoms with Crippen molar-refractivity contribution in [3.05, 3.63) is 0 Å². The van der Waals surface area contributed by atoms with Crippen molar-refractivity contribution >= 4 is 5.97 Å². The lowest BCUT2D eigenvalue weighted by Gasteiger charge is -2.37. The number of carbonyl (C=O) groups excluding carboxylic acids is 1. The highest BCUT2D eigenvalue weighted by Gasteiger charge is 2.32. The fourth-order valence-electron chi connectivity index (χ4n) is 3.27. The predicted octanol–water partition coefficient (Wildman–Crippen LogP) is 1.16. The number of esters is 1. The van der Waals surface area contributed by atoms with Gasteiger partial charge in [0.2, 0.25) is 0 Å². The molecule has 1 saturated heterocycles. The van der Waals surface area contributed by atoms with Crippen LogP contribution in [0.1, 0.15) is 72.1 Å². The predicted molar refractivity (Wildman–Crippen MR) is 88.1 cm³/mol. The van der Waals surface area contributed by atoms with Gasteiger partial charge in [0, 0.05) is 6.42 Å². The number of nitrogens with zero attached hydrogens (tertiary/aromatic N) is 1. The number of likely N-dealkylation sites (tertiary alicyclic amines) is 1. The number of hydrogen-bond donors (Lipinski definition) is 0. The Morgan fingerprint density at radius 3 is 2.32 bits per heavy atom. The number of piperidine rings is 1. The highest BCUT2D eigenvalue weighted by Crippen LogP contribution is 2.29. The van der Waals surface area contributed by atoms with Crippen molar-refractivity contribution in [1.29, 1.82) is 0 Å². The van der Waals surface area contributed by atoms with Crippen molar-refractivity contribution in [3.63, 3.8) is 0 Å². The van der Waals surface area contributed by atoms with Gasteiger partial charge in [0.1, 0.15) is 0 Å². The number of ether oxygens (including phenoxy) is 1. The van der Waals surface area contributed by atoms with E-state index in [1.807, 2.05) is 0 Å². The van der Waals surface area contributed by atoms with Crippen molar-refractivity contribution in [2.75, 3.05) is 33.3 Å². The molecule has 0 amide bonds. The van der Waals surface area contributed by atoms with E-state index in [1.165, 1.54) is 36.8 Å². The normalized spacial score (nSPS) is 19.8. The van der Waals surface area contributed by atoms with Crippen LogP contribution < -0.4 is 24.0 Å². The lowest BCUT2D eigenvalue weighted by Crippen LogP contribution is -3.00. The van der Waals surface area contributed by atoms with Crippen LogP contribution in [0.15, 0.2) is 0 Å². The minimum Gasteiger partial charge on any atom is -1.00 e. The SMILES string of the molecule is CCCCC(C)(CC)C(=O)OCCC[N+]1(C)CCCCC1.[I-]. The monoisotopic (exact) mass is 425 g/mol. The Morgan fingerprint density at radius 1 is 1.14 bits per heavy atom. The summed E-state index contributed by atoms with van der Waals surface area (Å²) in [5.41, 5.74) is -0.278. The second kappa shape index (κ2) is 10.8. The summed E-state index contributed by atoms with van der Waals surface area (Å²) in [6, 6.07) is 0. The maximum Gasteiger partial charge on any atom is 0.311 e. The van der Waals surface area contributed by atoms with E-state index in [1.54, 1.807) is 0 Å². The Labute approximate surface area is 154 Å². The molecule has 0 N–H and O–H groups in total. The van der Waals surface area contributed by atoms with Gasteiger partial charge in [-0.05, 0) is 39.0 Å². The second-order valence-electron chi connectivity index (χ2n) is 7.36. The summed E-state index contributed by atoms with van der Waals surface area (Å²) in [5.74, 6) is 0.0137.